The summed E-state index contributed by atoms with van der Waals surface area (Å²) in [5.41, 5.74) is 0.335. The van der Waals surface area contributed by atoms with E-state index in [-0.39, 0.29) is 0 Å². The van der Waals surface area contributed by atoms with Gasteiger partial charge in [0, 0.05) is 4.47 Å². The molecular weight excluding hydrogens is 288 g/mol. The van der Waals surface area contributed by atoms with Crippen molar-refractivity contribution in [3.8, 4) is 5.75 Å². The van der Waals surface area contributed by atoms with Crippen molar-refractivity contribution in [1.82, 2.24) is 0 Å². The van der Waals surface area contributed by atoms with E-state index in [1.165, 1.54) is 0 Å². The number of carboxylic acids is 1. The molecule has 1 aromatic rings. The van der Waals surface area contributed by atoms with Gasteiger partial charge >= 0.3 is 5.97 Å². The van der Waals surface area contributed by atoms with Crippen LogP contribution >= 0.6 is 15.9 Å². The number of benzene rings is 1. The van der Waals surface area contributed by atoms with Crippen LogP contribution in [0.25, 0.3) is 0 Å². The average molecular weight is 301 g/mol. The third-order valence-electron chi connectivity index (χ3n) is 2.19. The van der Waals surface area contributed by atoms with Crippen molar-refractivity contribution in [2.24, 2.45) is 0 Å². The molecule has 0 aliphatic carbocycles. The van der Waals surface area contributed by atoms with E-state index in [2.05, 4.69) is 15.9 Å². The highest BCUT2D eigenvalue weighted by Gasteiger charge is 2.19. The largest absolute Gasteiger partial charge is 0.479 e. The Balaban J connectivity index is 2.92. The lowest BCUT2D eigenvalue weighted by Gasteiger charge is -2.15. The molecule has 1 aromatic carbocycles. The normalized spacial score (nSPS) is 11.9. The van der Waals surface area contributed by atoms with Crippen molar-refractivity contribution in [3.05, 3.63) is 28.2 Å². The maximum atomic E-state index is 10.9. The van der Waals surface area contributed by atoms with E-state index in [1.54, 1.807) is 18.2 Å². The van der Waals surface area contributed by atoms with Gasteiger partial charge in [0.1, 0.15) is 5.75 Å². The summed E-state index contributed by atoms with van der Waals surface area (Å²) in [6, 6.07) is 4.87. The Morgan fingerprint density at radius 2 is 2.29 bits per heavy atom. The third-order valence-corrected chi connectivity index (χ3v) is 2.69. The molecule has 4 nitrogen and oxygen atoms in total. The first-order chi connectivity index (χ1) is 8.08. The fraction of sp³-hybridized carbons (Fsp3) is 0.333. The van der Waals surface area contributed by atoms with E-state index in [0.717, 1.165) is 4.47 Å². The lowest BCUT2D eigenvalue weighted by atomic mass is 10.2. The van der Waals surface area contributed by atoms with Crippen molar-refractivity contribution < 1.29 is 19.4 Å². The van der Waals surface area contributed by atoms with Crippen LogP contribution in [0.2, 0.25) is 0 Å². The van der Waals surface area contributed by atoms with Crippen molar-refractivity contribution in [1.29, 1.82) is 0 Å². The summed E-state index contributed by atoms with van der Waals surface area (Å²) in [7, 11) is 0. The molecule has 17 heavy (non-hydrogen) atoms. The van der Waals surface area contributed by atoms with E-state index < -0.39 is 12.1 Å². The fourth-order valence-corrected chi connectivity index (χ4v) is 1.75. The van der Waals surface area contributed by atoms with Gasteiger partial charge in [-0.25, -0.2) is 4.79 Å². The van der Waals surface area contributed by atoms with Gasteiger partial charge in [-0.05, 0) is 24.6 Å². The second kappa shape index (κ2) is 6.39. The minimum Gasteiger partial charge on any atom is -0.479 e. The first-order valence-electron chi connectivity index (χ1n) is 5.22. The van der Waals surface area contributed by atoms with Crippen molar-refractivity contribution in [3.63, 3.8) is 0 Å². The van der Waals surface area contributed by atoms with E-state index in [0.29, 0.717) is 30.4 Å². The topological polar surface area (TPSA) is 63.6 Å². The molecule has 0 aliphatic heterocycles. The Labute approximate surface area is 108 Å². The molecule has 0 bridgehead atoms. The highest BCUT2D eigenvalue weighted by atomic mass is 79.9. The van der Waals surface area contributed by atoms with Gasteiger partial charge in [0.2, 0.25) is 0 Å². The zero-order valence-electron chi connectivity index (χ0n) is 9.35. The lowest BCUT2D eigenvalue weighted by Crippen LogP contribution is -2.27. The monoisotopic (exact) mass is 300 g/mol. The Morgan fingerprint density at radius 1 is 1.59 bits per heavy atom. The Bertz CT molecular complexity index is 417. The summed E-state index contributed by atoms with van der Waals surface area (Å²) in [4.78, 5) is 21.8. The van der Waals surface area contributed by atoms with Crippen LogP contribution in [0.1, 0.15) is 30.1 Å². The summed E-state index contributed by atoms with van der Waals surface area (Å²) >= 11 is 3.23. The molecule has 0 fully saturated rings. The van der Waals surface area contributed by atoms with Crippen LogP contribution in [0.4, 0.5) is 0 Å². The number of aliphatic carboxylic acids is 1. The van der Waals surface area contributed by atoms with Gasteiger partial charge < -0.3 is 9.84 Å². The summed E-state index contributed by atoms with van der Waals surface area (Å²) in [6.07, 6.45) is 0.832. The predicted molar refractivity (Wildman–Crippen MR) is 66.5 cm³/mol. The molecule has 0 aliphatic rings. The number of carbonyl (C=O) groups excluding carboxylic acids is 1. The molecule has 1 rings (SSSR count). The zero-order chi connectivity index (χ0) is 12.8. The molecule has 1 unspecified atom stereocenters. The van der Waals surface area contributed by atoms with Crippen molar-refractivity contribution >= 4 is 28.2 Å². The van der Waals surface area contributed by atoms with E-state index in [1.807, 2.05) is 6.92 Å². The predicted octanol–water partition coefficient (Wildman–Crippen LogP) is 2.89. The average Bonchev–Trinajstić information content (AvgIpc) is 2.30. The molecule has 92 valence electrons. The highest BCUT2D eigenvalue weighted by Crippen LogP contribution is 2.23. The van der Waals surface area contributed by atoms with Crippen molar-refractivity contribution in [2.45, 2.75) is 25.9 Å². The molecule has 1 atom stereocenters. The van der Waals surface area contributed by atoms with Crippen molar-refractivity contribution in [2.75, 3.05) is 0 Å². The minimum absolute atomic E-state index is 0.295. The SMILES string of the molecule is CCCC(Oc1ccc(Br)cc1C=O)C(=O)O. The molecule has 5 heteroatoms. The quantitative estimate of drug-likeness (QED) is 0.821. The van der Waals surface area contributed by atoms with E-state index in [9.17, 15) is 9.59 Å². The molecule has 0 spiro atoms. The maximum Gasteiger partial charge on any atom is 0.344 e. The summed E-state index contributed by atoms with van der Waals surface area (Å²) < 4.78 is 6.09. The maximum absolute atomic E-state index is 10.9. The first kappa shape index (κ1) is 13.7. The van der Waals surface area contributed by atoms with Gasteiger partial charge in [-0.15, -0.1) is 0 Å². The number of halogens is 1. The number of rotatable bonds is 6. The molecule has 0 saturated carbocycles. The molecule has 1 N–H and O–H groups in total. The Morgan fingerprint density at radius 3 is 2.82 bits per heavy atom. The second-order valence-corrected chi connectivity index (χ2v) is 4.45. The number of hydrogen-bond donors (Lipinski definition) is 1. The minimum atomic E-state index is -1.02. The number of carboxylic acid groups (broad SMARTS) is 1. The van der Waals surface area contributed by atoms with Gasteiger partial charge in [-0.2, -0.15) is 0 Å². The van der Waals surface area contributed by atoms with Crippen LogP contribution in [0.5, 0.6) is 5.75 Å². The summed E-state index contributed by atoms with van der Waals surface area (Å²) in [5.74, 6) is -0.726. The smallest absolute Gasteiger partial charge is 0.344 e. The molecule has 0 aromatic heterocycles. The molecule has 0 amide bonds. The third kappa shape index (κ3) is 3.85. The van der Waals surface area contributed by atoms with Gasteiger partial charge in [0.15, 0.2) is 12.4 Å². The zero-order valence-corrected chi connectivity index (χ0v) is 10.9. The van der Waals surface area contributed by atoms with Crippen LogP contribution in [-0.4, -0.2) is 23.5 Å². The highest BCUT2D eigenvalue weighted by molar-refractivity contribution is 9.10. The lowest BCUT2D eigenvalue weighted by molar-refractivity contribution is -0.145. The molecule has 0 saturated heterocycles. The Kier molecular flexibility index (Phi) is 5.15. The van der Waals surface area contributed by atoms with E-state index >= 15 is 0 Å². The number of carbonyl (C=O) groups is 2. The summed E-state index contributed by atoms with van der Waals surface area (Å²) in [6.45, 7) is 1.88. The van der Waals surface area contributed by atoms with Gasteiger partial charge in [-0.1, -0.05) is 29.3 Å². The van der Waals surface area contributed by atoms with Crippen LogP contribution in [0, 0.1) is 0 Å². The van der Waals surface area contributed by atoms with Crippen LogP contribution < -0.4 is 4.74 Å². The molecule has 0 radical (unpaired) electrons. The molecular formula is C12H13BrO4. The number of aldehydes is 1. The van der Waals surface area contributed by atoms with Crippen LogP contribution in [0.15, 0.2) is 22.7 Å². The number of ether oxygens (including phenoxy) is 1. The van der Waals surface area contributed by atoms with Crippen LogP contribution in [0.3, 0.4) is 0 Å². The fourth-order valence-electron chi connectivity index (χ4n) is 1.37. The van der Waals surface area contributed by atoms with Gasteiger partial charge in [-0.3, -0.25) is 4.79 Å². The van der Waals surface area contributed by atoms with Gasteiger partial charge in [0.05, 0.1) is 5.56 Å². The van der Waals surface area contributed by atoms with Gasteiger partial charge in [0.25, 0.3) is 0 Å². The second-order valence-electron chi connectivity index (χ2n) is 3.53. The van der Waals surface area contributed by atoms with Crippen LogP contribution in [-0.2, 0) is 4.79 Å². The first-order valence-corrected chi connectivity index (χ1v) is 6.02. The molecule has 0 heterocycles. The standard InChI is InChI=1S/C12H13BrO4/c1-2-3-11(12(15)16)17-10-5-4-9(13)6-8(10)7-14/h4-7,11H,2-3H2,1H3,(H,15,16). The summed E-state index contributed by atoms with van der Waals surface area (Å²) in [5, 5.41) is 8.96. The number of hydrogen-bond acceptors (Lipinski definition) is 3. The van der Waals surface area contributed by atoms with E-state index in [4.69, 9.17) is 9.84 Å². The Hall–Kier alpha value is -1.36.